The van der Waals surface area contributed by atoms with E-state index in [1.54, 1.807) is 37.4 Å². The van der Waals surface area contributed by atoms with Crippen LogP contribution in [-0.4, -0.2) is 51.0 Å². The Kier molecular flexibility index (Phi) is 6.00. The lowest BCUT2D eigenvalue weighted by Gasteiger charge is -2.22. The van der Waals surface area contributed by atoms with Crippen molar-refractivity contribution in [3.05, 3.63) is 58.1 Å². The van der Waals surface area contributed by atoms with Gasteiger partial charge in [-0.25, -0.2) is 8.42 Å². The standard InChI is InChI=1S/C20H22BrN3O4S/c1-13-10-15-11-14(8-9-18(15)24(13)29(3,27)28)20(26)23(2)12-19(25)22-17-7-5-4-6-16(17)21/h4-9,11,13H,10,12H2,1-3H3,(H,22,25)/t13-/m1/s1. The summed E-state index contributed by atoms with van der Waals surface area (Å²) in [4.78, 5) is 26.4. The van der Waals surface area contributed by atoms with E-state index in [2.05, 4.69) is 21.2 Å². The van der Waals surface area contributed by atoms with Crippen LogP contribution in [0, 0.1) is 0 Å². The number of para-hydroxylation sites is 1. The molecule has 2 amide bonds. The van der Waals surface area contributed by atoms with E-state index < -0.39 is 10.0 Å². The normalized spacial score (nSPS) is 15.7. The van der Waals surface area contributed by atoms with Crippen molar-refractivity contribution < 1.29 is 18.0 Å². The van der Waals surface area contributed by atoms with Gasteiger partial charge in [-0.05, 0) is 65.2 Å². The zero-order chi connectivity index (χ0) is 21.3. The van der Waals surface area contributed by atoms with Gasteiger partial charge in [0, 0.05) is 23.1 Å². The third kappa shape index (κ3) is 4.62. The van der Waals surface area contributed by atoms with Crippen molar-refractivity contribution in [1.82, 2.24) is 4.90 Å². The number of amides is 2. The van der Waals surface area contributed by atoms with Gasteiger partial charge in [0.25, 0.3) is 5.91 Å². The van der Waals surface area contributed by atoms with E-state index in [1.807, 2.05) is 19.1 Å². The van der Waals surface area contributed by atoms with E-state index in [4.69, 9.17) is 0 Å². The Labute approximate surface area is 178 Å². The second-order valence-electron chi connectivity index (χ2n) is 7.14. The molecule has 0 aromatic heterocycles. The fourth-order valence-electron chi connectivity index (χ4n) is 3.50. The van der Waals surface area contributed by atoms with Crippen LogP contribution in [0.25, 0.3) is 0 Å². The number of nitrogens with one attached hydrogen (secondary N) is 1. The van der Waals surface area contributed by atoms with Crippen LogP contribution in [0.2, 0.25) is 0 Å². The van der Waals surface area contributed by atoms with Gasteiger partial charge in [-0.1, -0.05) is 12.1 Å². The van der Waals surface area contributed by atoms with Crippen LogP contribution in [0.4, 0.5) is 11.4 Å². The summed E-state index contributed by atoms with van der Waals surface area (Å²) in [6.07, 6.45) is 1.71. The van der Waals surface area contributed by atoms with Gasteiger partial charge in [0.1, 0.15) is 0 Å². The Morgan fingerprint density at radius 1 is 1.24 bits per heavy atom. The van der Waals surface area contributed by atoms with Crippen molar-refractivity contribution in [2.24, 2.45) is 0 Å². The molecule has 2 aromatic carbocycles. The van der Waals surface area contributed by atoms with Crippen molar-refractivity contribution in [2.45, 2.75) is 19.4 Å². The maximum absolute atomic E-state index is 12.8. The molecule has 2 aromatic rings. The topological polar surface area (TPSA) is 86.8 Å². The van der Waals surface area contributed by atoms with Crippen molar-refractivity contribution in [2.75, 3.05) is 29.5 Å². The predicted octanol–water partition coefficient (Wildman–Crippen LogP) is 2.87. The molecule has 0 spiro atoms. The Morgan fingerprint density at radius 3 is 2.59 bits per heavy atom. The van der Waals surface area contributed by atoms with Gasteiger partial charge in [0.05, 0.1) is 24.2 Å². The number of anilines is 2. The Hall–Kier alpha value is -2.39. The third-order valence-corrected chi connectivity index (χ3v) is 6.67. The highest BCUT2D eigenvalue weighted by atomic mass is 79.9. The molecule has 0 fully saturated rings. The van der Waals surface area contributed by atoms with E-state index in [1.165, 1.54) is 15.5 Å². The number of carbonyl (C=O) groups excluding carboxylic acids is 2. The molecule has 1 atom stereocenters. The number of likely N-dealkylation sites (N-methyl/N-ethyl adjacent to an activating group) is 1. The van der Waals surface area contributed by atoms with Gasteiger partial charge < -0.3 is 10.2 Å². The van der Waals surface area contributed by atoms with Crippen LogP contribution >= 0.6 is 15.9 Å². The van der Waals surface area contributed by atoms with E-state index in [0.717, 1.165) is 10.0 Å². The van der Waals surface area contributed by atoms with Crippen molar-refractivity contribution in [3.8, 4) is 0 Å². The molecule has 0 unspecified atom stereocenters. The molecule has 154 valence electrons. The smallest absolute Gasteiger partial charge is 0.254 e. The molecule has 3 rings (SSSR count). The quantitative estimate of drug-likeness (QED) is 0.713. The first-order valence-corrected chi connectivity index (χ1v) is 11.6. The second kappa shape index (κ2) is 8.16. The van der Waals surface area contributed by atoms with Crippen LogP contribution in [0.5, 0.6) is 0 Å². The minimum absolute atomic E-state index is 0.108. The number of nitrogens with zero attached hydrogens (tertiary/aromatic N) is 2. The lowest BCUT2D eigenvalue weighted by molar-refractivity contribution is -0.116. The van der Waals surface area contributed by atoms with Crippen molar-refractivity contribution >= 4 is 49.1 Å². The van der Waals surface area contributed by atoms with Gasteiger partial charge in [-0.3, -0.25) is 13.9 Å². The number of sulfonamides is 1. The molecular weight excluding hydrogens is 458 g/mol. The van der Waals surface area contributed by atoms with Crippen LogP contribution < -0.4 is 9.62 Å². The maximum atomic E-state index is 12.8. The summed E-state index contributed by atoms with van der Waals surface area (Å²) in [6, 6.07) is 12.0. The molecule has 9 heteroatoms. The molecule has 1 aliphatic rings. The highest BCUT2D eigenvalue weighted by molar-refractivity contribution is 9.10. The lowest BCUT2D eigenvalue weighted by atomic mass is 10.1. The summed E-state index contributed by atoms with van der Waals surface area (Å²) < 4.78 is 26.2. The van der Waals surface area contributed by atoms with Crippen LogP contribution in [0.3, 0.4) is 0 Å². The van der Waals surface area contributed by atoms with Crippen LogP contribution in [0.1, 0.15) is 22.8 Å². The van der Waals surface area contributed by atoms with E-state index >= 15 is 0 Å². The van der Waals surface area contributed by atoms with Crippen LogP contribution in [0.15, 0.2) is 46.9 Å². The summed E-state index contributed by atoms with van der Waals surface area (Å²) in [7, 11) is -1.83. The second-order valence-corrected chi connectivity index (χ2v) is 9.86. The highest BCUT2D eigenvalue weighted by Crippen LogP contribution is 2.34. The summed E-state index contributed by atoms with van der Waals surface area (Å²) in [5, 5.41) is 2.76. The molecule has 0 aliphatic carbocycles. The molecule has 0 radical (unpaired) electrons. The fraction of sp³-hybridized carbons (Fsp3) is 0.300. The summed E-state index contributed by atoms with van der Waals surface area (Å²) in [6.45, 7) is 1.73. The minimum Gasteiger partial charge on any atom is -0.332 e. The van der Waals surface area contributed by atoms with Gasteiger partial charge in [0.2, 0.25) is 15.9 Å². The zero-order valence-corrected chi connectivity index (χ0v) is 18.7. The number of hydrogen-bond donors (Lipinski definition) is 1. The van der Waals surface area contributed by atoms with E-state index in [9.17, 15) is 18.0 Å². The van der Waals surface area contributed by atoms with Crippen molar-refractivity contribution in [1.29, 1.82) is 0 Å². The number of halogens is 1. The molecule has 1 aliphatic heterocycles. The van der Waals surface area contributed by atoms with Gasteiger partial charge >= 0.3 is 0 Å². The van der Waals surface area contributed by atoms with E-state index in [-0.39, 0.29) is 24.4 Å². The average Bonchev–Trinajstić information content (AvgIpc) is 2.97. The Morgan fingerprint density at radius 2 is 1.93 bits per heavy atom. The molecule has 7 nitrogen and oxygen atoms in total. The molecule has 1 N–H and O–H groups in total. The number of fused-ring (bicyclic) bond motifs is 1. The first-order chi connectivity index (χ1) is 13.6. The van der Waals surface area contributed by atoms with Crippen LogP contribution in [-0.2, 0) is 21.2 Å². The maximum Gasteiger partial charge on any atom is 0.254 e. The molecule has 1 heterocycles. The number of rotatable bonds is 5. The molecule has 0 bridgehead atoms. The summed E-state index contributed by atoms with van der Waals surface area (Å²) in [5.74, 6) is -0.619. The van der Waals surface area contributed by atoms with E-state index in [0.29, 0.717) is 23.4 Å². The Bertz CT molecular complexity index is 1070. The van der Waals surface area contributed by atoms with Gasteiger partial charge in [-0.15, -0.1) is 0 Å². The van der Waals surface area contributed by atoms with Gasteiger partial charge in [-0.2, -0.15) is 0 Å². The fourth-order valence-corrected chi connectivity index (χ4v) is 5.15. The third-order valence-electron chi connectivity index (χ3n) is 4.71. The number of carbonyl (C=O) groups is 2. The molecule has 0 saturated heterocycles. The molecule has 29 heavy (non-hydrogen) atoms. The molecular formula is C20H22BrN3O4S. The first-order valence-electron chi connectivity index (χ1n) is 9.00. The molecule has 0 saturated carbocycles. The SMILES string of the molecule is C[C@@H]1Cc2cc(C(=O)N(C)CC(=O)Nc3ccccc3Br)ccc2N1S(C)(=O)=O. The zero-order valence-electron chi connectivity index (χ0n) is 16.3. The average molecular weight is 480 g/mol. The summed E-state index contributed by atoms with van der Waals surface area (Å²) in [5.41, 5.74) is 2.46. The highest BCUT2D eigenvalue weighted by Gasteiger charge is 2.33. The summed E-state index contributed by atoms with van der Waals surface area (Å²) >= 11 is 3.37. The first kappa shape index (κ1) is 21.3. The Balaban J connectivity index is 1.72. The van der Waals surface area contributed by atoms with Gasteiger partial charge in [0.15, 0.2) is 0 Å². The monoisotopic (exact) mass is 479 g/mol. The minimum atomic E-state index is -3.38. The van der Waals surface area contributed by atoms with Crippen molar-refractivity contribution in [3.63, 3.8) is 0 Å². The number of hydrogen-bond acceptors (Lipinski definition) is 4. The predicted molar refractivity (Wildman–Crippen MR) is 117 cm³/mol. The largest absolute Gasteiger partial charge is 0.332 e. The lowest BCUT2D eigenvalue weighted by Crippen LogP contribution is -2.35. The number of benzene rings is 2.